The topological polar surface area (TPSA) is 59.6 Å². The molecule has 0 saturated carbocycles. The predicted octanol–water partition coefficient (Wildman–Crippen LogP) is 2.13. The number of urea groups is 1. The van der Waals surface area contributed by atoms with Crippen LogP contribution in [-0.4, -0.2) is 38.1 Å². The highest BCUT2D eigenvalue weighted by Gasteiger charge is 2.30. The Hall–Kier alpha value is -1.66. The number of ether oxygens (including phenoxy) is 2. The summed E-state index contributed by atoms with van der Waals surface area (Å²) >= 11 is 0. The Morgan fingerprint density at radius 1 is 1.27 bits per heavy atom. The van der Waals surface area contributed by atoms with Gasteiger partial charge in [-0.2, -0.15) is 0 Å². The zero-order valence-corrected chi connectivity index (χ0v) is 13.1. The Morgan fingerprint density at radius 3 is 2.64 bits per heavy atom. The van der Waals surface area contributed by atoms with Crippen LogP contribution in [-0.2, 0) is 15.9 Å². The standard InChI is InChI=1S/C16H23FN2O3/c1-12-11-14(17)4-3-13(12)5-7-18-15(20)19-8-6-16(2)21-9-10-22-16/h3-4,11H,5-10H2,1-2H3,(H2,18,19,20). The van der Waals surface area contributed by atoms with Crippen LogP contribution in [0.2, 0.25) is 0 Å². The number of hydrogen-bond acceptors (Lipinski definition) is 3. The van der Waals surface area contributed by atoms with E-state index in [4.69, 9.17) is 9.47 Å². The Morgan fingerprint density at radius 2 is 1.95 bits per heavy atom. The van der Waals surface area contributed by atoms with E-state index in [0.29, 0.717) is 39.1 Å². The molecule has 0 aromatic heterocycles. The fourth-order valence-corrected chi connectivity index (χ4v) is 2.42. The lowest BCUT2D eigenvalue weighted by Crippen LogP contribution is -2.40. The molecule has 1 aromatic rings. The molecule has 0 bridgehead atoms. The molecule has 1 aliphatic heterocycles. The van der Waals surface area contributed by atoms with Crippen LogP contribution in [0.5, 0.6) is 0 Å². The highest BCUT2D eigenvalue weighted by atomic mass is 19.1. The second kappa shape index (κ2) is 7.56. The Kier molecular flexibility index (Phi) is 5.74. The second-order valence-corrected chi connectivity index (χ2v) is 5.58. The molecule has 0 spiro atoms. The van der Waals surface area contributed by atoms with Crippen molar-refractivity contribution in [3.05, 3.63) is 35.1 Å². The van der Waals surface area contributed by atoms with Gasteiger partial charge in [-0.05, 0) is 43.5 Å². The number of rotatable bonds is 6. The summed E-state index contributed by atoms with van der Waals surface area (Å²) in [6, 6.07) is 4.46. The minimum Gasteiger partial charge on any atom is -0.348 e. The highest BCUT2D eigenvalue weighted by molar-refractivity contribution is 5.73. The molecular weight excluding hydrogens is 287 g/mol. The van der Waals surface area contributed by atoms with E-state index in [9.17, 15) is 9.18 Å². The van der Waals surface area contributed by atoms with Gasteiger partial charge in [0.05, 0.1) is 13.2 Å². The van der Waals surface area contributed by atoms with Crippen LogP contribution in [0.15, 0.2) is 18.2 Å². The van der Waals surface area contributed by atoms with Crippen molar-refractivity contribution in [1.29, 1.82) is 0 Å². The molecule has 2 rings (SSSR count). The average molecular weight is 310 g/mol. The first-order valence-electron chi connectivity index (χ1n) is 7.53. The molecule has 0 unspecified atom stereocenters. The monoisotopic (exact) mass is 310 g/mol. The van der Waals surface area contributed by atoms with Gasteiger partial charge in [-0.1, -0.05) is 6.07 Å². The van der Waals surface area contributed by atoms with Gasteiger partial charge in [-0.3, -0.25) is 0 Å². The van der Waals surface area contributed by atoms with Gasteiger partial charge < -0.3 is 20.1 Å². The predicted molar refractivity (Wildman–Crippen MR) is 81.2 cm³/mol. The molecule has 122 valence electrons. The highest BCUT2D eigenvalue weighted by Crippen LogP contribution is 2.21. The van der Waals surface area contributed by atoms with E-state index >= 15 is 0 Å². The number of hydrogen-bond donors (Lipinski definition) is 2. The van der Waals surface area contributed by atoms with Crippen LogP contribution in [0, 0.1) is 12.7 Å². The van der Waals surface area contributed by atoms with Crippen molar-refractivity contribution in [3.63, 3.8) is 0 Å². The summed E-state index contributed by atoms with van der Waals surface area (Å²) in [6.45, 7) is 5.91. The van der Waals surface area contributed by atoms with Crippen molar-refractivity contribution in [2.45, 2.75) is 32.5 Å². The second-order valence-electron chi connectivity index (χ2n) is 5.58. The van der Waals surface area contributed by atoms with Crippen LogP contribution in [0.3, 0.4) is 0 Å². The van der Waals surface area contributed by atoms with E-state index in [-0.39, 0.29) is 11.8 Å². The first-order chi connectivity index (χ1) is 10.5. The molecule has 1 heterocycles. The minimum absolute atomic E-state index is 0.221. The number of halogens is 1. The number of aryl methyl sites for hydroxylation is 1. The van der Waals surface area contributed by atoms with Crippen molar-refractivity contribution in [3.8, 4) is 0 Å². The van der Waals surface area contributed by atoms with Crippen molar-refractivity contribution >= 4 is 6.03 Å². The van der Waals surface area contributed by atoms with E-state index in [1.165, 1.54) is 12.1 Å². The van der Waals surface area contributed by atoms with E-state index in [1.807, 2.05) is 13.8 Å². The fourth-order valence-electron chi connectivity index (χ4n) is 2.42. The molecule has 22 heavy (non-hydrogen) atoms. The summed E-state index contributed by atoms with van der Waals surface area (Å²) in [5, 5.41) is 5.56. The van der Waals surface area contributed by atoms with Crippen LogP contribution < -0.4 is 10.6 Å². The summed E-state index contributed by atoms with van der Waals surface area (Å²) in [7, 11) is 0. The molecule has 0 aliphatic carbocycles. The zero-order chi connectivity index (χ0) is 16.0. The van der Waals surface area contributed by atoms with E-state index in [1.54, 1.807) is 6.07 Å². The van der Waals surface area contributed by atoms with E-state index in [2.05, 4.69) is 10.6 Å². The molecule has 1 aromatic carbocycles. The summed E-state index contributed by atoms with van der Waals surface area (Å²) < 4.78 is 23.9. The van der Waals surface area contributed by atoms with Gasteiger partial charge in [0.2, 0.25) is 0 Å². The van der Waals surface area contributed by atoms with Gasteiger partial charge in [0.1, 0.15) is 5.82 Å². The van der Waals surface area contributed by atoms with Gasteiger partial charge in [0, 0.05) is 19.5 Å². The van der Waals surface area contributed by atoms with Gasteiger partial charge >= 0.3 is 6.03 Å². The largest absolute Gasteiger partial charge is 0.348 e. The van der Waals surface area contributed by atoms with E-state index in [0.717, 1.165) is 11.1 Å². The quantitative estimate of drug-likeness (QED) is 0.846. The van der Waals surface area contributed by atoms with Crippen LogP contribution >= 0.6 is 0 Å². The lowest BCUT2D eigenvalue weighted by atomic mass is 10.1. The number of carbonyl (C=O) groups is 1. The van der Waals surface area contributed by atoms with Crippen LogP contribution in [0.4, 0.5) is 9.18 Å². The first kappa shape index (κ1) is 16.7. The minimum atomic E-state index is -0.585. The van der Waals surface area contributed by atoms with Crippen molar-refractivity contribution < 1.29 is 18.7 Å². The molecule has 2 N–H and O–H groups in total. The maximum absolute atomic E-state index is 13.0. The molecule has 5 nitrogen and oxygen atoms in total. The lowest BCUT2D eigenvalue weighted by Gasteiger charge is -2.22. The van der Waals surface area contributed by atoms with Crippen LogP contribution in [0.25, 0.3) is 0 Å². The maximum atomic E-state index is 13.0. The molecule has 1 fully saturated rings. The van der Waals surface area contributed by atoms with E-state index < -0.39 is 5.79 Å². The molecule has 1 saturated heterocycles. The van der Waals surface area contributed by atoms with Crippen LogP contribution in [0.1, 0.15) is 24.5 Å². The van der Waals surface area contributed by atoms with Crippen molar-refractivity contribution in [1.82, 2.24) is 10.6 Å². The van der Waals surface area contributed by atoms with Gasteiger partial charge in [0.15, 0.2) is 5.79 Å². The normalized spacial score (nSPS) is 16.5. The average Bonchev–Trinajstić information content (AvgIpc) is 2.88. The Bertz CT molecular complexity index is 516. The van der Waals surface area contributed by atoms with Gasteiger partial charge in [-0.25, -0.2) is 9.18 Å². The summed E-state index contributed by atoms with van der Waals surface area (Å²) in [5.41, 5.74) is 1.92. The number of amides is 2. The maximum Gasteiger partial charge on any atom is 0.314 e. The summed E-state index contributed by atoms with van der Waals surface area (Å²) in [4.78, 5) is 11.7. The SMILES string of the molecule is Cc1cc(F)ccc1CCNC(=O)NCCC1(C)OCCO1. The third-order valence-corrected chi connectivity index (χ3v) is 3.75. The fraction of sp³-hybridized carbons (Fsp3) is 0.562. The third-order valence-electron chi connectivity index (χ3n) is 3.75. The molecule has 2 amide bonds. The number of benzene rings is 1. The Balaban J connectivity index is 1.63. The lowest BCUT2D eigenvalue weighted by molar-refractivity contribution is -0.145. The number of carbonyl (C=O) groups excluding carboxylic acids is 1. The molecule has 0 atom stereocenters. The molecular formula is C16H23FN2O3. The molecule has 0 radical (unpaired) electrons. The Labute approximate surface area is 130 Å². The third kappa shape index (κ3) is 4.96. The molecule has 1 aliphatic rings. The smallest absolute Gasteiger partial charge is 0.314 e. The zero-order valence-electron chi connectivity index (χ0n) is 13.1. The van der Waals surface area contributed by atoms with Crippen molar-refractivity contribution in [2.75, 3.05) is 26.3 Å². The van der Waals surface area contributed by atoms with Gasteiger partial charge in [0.25, 0.3) is 0 Å². The summed E-state index contributed by atoms with van der Waals surface area (Å²) in [6.07, 6.45) is 1.28. The van der Waals surface area contributed by atoms with Crippen molar-refractivity contribution in [2.24, 2.45) is 0 Å². The summed E-state index contributed by atoms with van der Waals surface area (Å²) in [5.74, 6) is -0.824. The number of nitrogens with one attached hydrogen (secondary N) is 2. The molecule has 6 heteroatoms. The first-order valence-corrected chi connectivity index (χ1v) is 7.53. The van der Waals surface area contributed by atoms with Gasteiger partial charge in [-0.15, -0.1) is 0 Å².